The monoisotopic (exact) mass is 401 g/mol. The minimum absolute atomic E-state index is 0.168. The molecule has 0 aromatic heterocycles. The van der Waals surface area contributed by atoms with Crippen LogP contribution in [0.15, 0.2) is 47.4 Å². The minimum atomic E-state index is -0.168. The molecule has 140 valence electrons. The molecule has 2 aromatic carbocycles. The zero-order valence-corrected chi connectivity index (χ0v) is 16.9. The van der Waals surface area contributed by atoms with Crippen molar-refractivity contribution in [1.82, 2.24) is 0 Å². The summed E-state index contributed by atoms with van der Waals surface area (Å²) in [5.41, 5.74) is 1.46. The van der Waals surface area contributed by atoms with E-state index in [0.717, 1.165) is 11.3 Å². The molecular formula is C20H19NO4S2. The molecule has 5 nitrogen and oxygen atoms in total. The van der Waals surface area contributed by atoms with Crippen molar-refractivity contribution in [2.75, 3.05) is 25.7 Å². The van der Waals surface area contributed by atoms with Crippen LogP contribution in [-0.2, 0) is 4.79 Å². The molecule has 0 aliphatic carbocycles. The number of anilines is 1. The van der Waals surface area contributed by atoms with Crippen molar-refractivity contribution >= 4 is 46.0 Å². The SMILES string of the molecule is CCOc1ccc(N2C(=O)C(=Cc3cccc(OC)c3OC)SC2=S)cc1. The molecule has 1 saturated heterocycles. The smallest absolute Gasteiger partial charge is 0.270 e. The summed E-state index contributed by atoms with van der Waals surface area (Å²) in [7, 11) is 3.15. The van der Waals surface area contributed by atoms with Crippen molar-refractivity contribution in [2.24, 2.45) is 0 Å². The number of hydrogen-bond acceptors (Lipinski definition) is 6. The summed E-state index contributed by atoms with van der Waals surface area (Å²) in [6, 6.07) is 12.8. The van der Waals surface area contributed by atoms with E-state index >= 15 is 0 Å². The summed E-state index contributed by atoms with van der Waals surface area (Å²) in [6.07, 6.45) is 1.77. The van der Waals surface area contributed by atoms with Crippen LogP contribution in [0.25, 0.3) is 6.08 Å². The molecule has 1 fully saturated rings. The molecular weight excluding hydrogens is 382 g/mol. The molecule has 1 aliphatic rings. The Labute approximate surface area is 167 Å². The van der Waals surface area contributed by atoms with Crippen molar-refractivity contribution in [1.29, 1.82) is 0 Å². The van der Waals surface area contributed by atoms with Gasteiger partial charge in [-0.15, -0.1) is 0 Å². The highest BCUT2D eigenvalue weighted by Crippen LogP contribution is 2.39. The van der Waals surface area contributed by atoms with E-state index in [1.807, 2.05) is 43.3 Å². The zero-order chi connectivity index (χ0) is 19.4. The van der Waals surface area contributed by atoms with Crippen molar-refractivity contribution in [3.05, 3.63) is 52.9 Å². The first-order chi connectivity index (χ1) is 13.1. The highest BCUT2D eigenvalue weighted by molar-refractivity contribution is 8.27. The van der Waals surface area contributed by atoms with Gasteiger partial charge in [0, 0.05) is 5.56 Å². The number of amides is 1. The number of methoxy groups -OCH3 is 2. The highest BCUT2D eigenvalue weighted by Gasteiger charge is 2.33. The lowest BCUT2D eigenvalue weighted by Crippen LogP contribution is -2.27. The number of carbonyl (C=O) groups is 1. The molecule has 0 atom stereocenters. The van der Waals surface area contributed by atoms with Crippen molar-refractivity contribution in [3.8, 4) is 17.2 Å². The van der Waals surface area contributed by atoms with Crippen LogP contribution in [0.3, 0.4) is 0 Å². The highest BCUT2D eigenvalue weighted by atomic mass is 32.2. The fourth-order valence-electron chi connectivity index (χ4n) is 2.72. The Bertz CT molecular complexity index is 893. The molecule has 3 rings (SSSR count). The number of hydrogen-bond donors (Lipinski definition) is 0. The molecule has 2 aromatic rings. The quantitative estimate of drug-likeness (QED) is 0.524. The van der Waals surface area contributed by atoms with Crippen LogP contribution in [0.1, 0.15) is 12.5 Å². The number of rotatable bonds is 6. The summed E-state index contributed by atoms with van der Waals surface area (Å²) in [5.74, 6) is 1.77. The molecule has 27 heavy (non-hydrogen) atoms. The van der Waals surface area contributed by atoms with Gasteiger partial charge in [-0.25, -0.2) is 0 Å². The number of benzene rings is 2. The van der Waals surface area contributed by atoms with E-state index in [0.29, 0.717) is 33.0 Å². The Morgan fingerprint density at radius 3 is 2.48 bits per heavy atom. The van der Waals surface area contributed by atoms with Gasteiger partial charge in [-0.2, -0.15) is 0 Å². The van der Waals surface area contributed by atoms with Crippen LogP contribution < -0.4 is 19.1 Å². The third-order valence-electron chi connectivity index (χ3n) is 3.92. The lowest BCUT2D eigenvalue weighted by atomic mass is 10.1. The van der Waals surface area contributed by atoms with Gasteiger partial charge in [-0.05, 0) is 43.3 Å². The Kier molecular flexibility index (Phi) is 6.03. The molecule has 0 N–H and O–H groups in total. The van der Waals surface area contributed by atoms with Crippen molar-refractivity contribution in [2.45, 2.75) is 6.92 Å². The van der Waals surface area contributed by atoms with E-state index in [4.69, 9.17) is 26.4 Å². The van der Waals surface area contributed by atoms with Crippen molar-refractivity contribution in [3.63, 3.8) is 0 Å². The van der Waals surface area contributed by atoms with Gasteiger partial charge in [-0.1, -0.05) is 36.1 Å². The third-order valence-corrected chi connectivity index (χ3v) is 5.22. The third kappa shape index (κ3) is 3.94. The van der Waals surface area contributed by atoms with Crippen LogP contribution in [-0.4, -0.2) is 31.1 Å². The second-order valence-corrected chi connectivity index (χ2v) is 7.20. The molecule has 0 radical (unpaired) electrons. The van der Waals surface area contributed by atoms with Crippen LogP contribution >= 0.6 is 24.0 Å². The van der Waals surface area contributed by atoms with E-state index in [1.54, 1.807) is 26.4 Å². The minimum Gasteiger partial charge on any atom is -0.494 e. The number of thiocarbonyl (C=S) groups is 1. The molecule has 0 spiro atoms. The predicted molar refractivity (Wildman–Crippen MR) is 113 cm³/mol. The molecule has 0 bridgehead atoms. The second-order valence-electron chi connectivity index (χ2n) is 5.53. The Morgan fingerprint density at radius 1 is 1.11 bits per heavy atom. The standard InChI is InChI=1S/C20H19NO4S2/c1-4-25-15-10-8-14(9-11-15)21-19(22)17(27-20(21)26)12-13-6-5-7-16(23-2)18(13)24-3/h5-12H,4H2,1-3H3. The van der Waals surface area contributed by atoms with Crippen molar-refractivity contribution < 1.29 is 19.0 Å². The van der Waals surface area contributed by atoms with Gasteiger partial charge in [0.1, 0.15) is 5.75 Å². The van der Waals surface area contributed by atoms with Crippen LogP contribution in [0.4, 0.5) is 5.69 Å². The number of nitrogens with zero attached hydrogens (tertiary/aromatic N) is 1. The van der Waals surface area contributed by atoms with Crippen LogP contribution in [0, 0.1) is 0 Å². The molecule has 0 saturated carbocycles. The second kappa shape index (κ2) is 8.45. The number of ether oxygens (including phenoxy) is 3. The number of para-hydroxylation sites is 1. The largest absolute Gasteiger partial charge is 0.494 e. The lowest BCUT2D eigenvalue weighted by molar-refractivity contribution is -0.113. The normalized spacial score (nSPS) is 15.4. The van der Waals surface area contributed by atoms with Crippen LogP contribution in [0.2, 0.25) is 0 Å². The van der Waals surface area contributed by atoms with Gasteiger partial charge in [0.05, 0.1) is 31.4 Å². The van der Waals surface area contributed by atoms with Gasteiger partial charge in [0.25, 0.3) is 5.91 Å². The lowest BCUT2D eigenvalue weighted by Gasteiger charge is -2.15. The summed E-state index contributed by atoms with van der Waals surface area (Å²) < 4.78 is 16.7. The maximum absolute atomic E-state index is 12.9. The van der Waals surface area contributed by atoms with E-state index in [-0.39, 0.29) is 5.91 Å². The average molecular weight is 402 g/mol. The molecule has 1 heterocycles. The van der Waals surface area contributed by atoms with E-state index in [9.17, 15) is 4.79 Å². The number of carbonyl (C=O) groups excluding carboxylic acids is 1. The summed E-state index contributed by atoms with van der Waals surface area (Å²) in [4.78, 5) is 15.0. The summed E-state index contributed by atoms with van der Waals surface area (Å²) in [5, 5.41) is 0. The Morgan fingerprint density at radius 2 is 1.85 bits per heavy atom. The molecule has 1 aliphatic heterocycles. The maximum Gasteiger partial charge on any atom is 0.270 e. The van der Waals surface area contributed by atoms with Gasteiger partial charge in [0.2, 0.25) is 0 Å². The fraction of sp³-hybridized carbons (Fsp3) is 0.200. The topological polar surface area (TPSA) is 48.0 Å². The first-order valence-electron chi connectivity index (χ1n) is 8.30. The molecule has 1 amide bonds. The molecule has 7 heteroatoms. The maximum atomic E-state index is 12.9. The Hall–Kier alpha value is -2.51. The van der Waals surface area contributed by atoms with Crippen LogP contribution in [0.5, 0.6) is 17.2 Å². The zero-order valence-electron chi connectivity index (χ0n) is 15.2. The van der Waals surface area contributed by atoms with Gasteiger partial charge in [-0.3, -0.25) is 9.69 Å². The van der Waals surface area contributed by atoms with Gasteiger partial charge < -0.3 is 14.2 Å². The summed E-state index contributed by atoms with van der Waals surface area (Å²) >= 11 is 6.69. The summed E-state index contributed by atoms with van der Waals surface area (Å²) in [6.45, 7) is 2.51. The fourth-order valence-corrected chi connectivity index (χ4v) is 4.01. The average Bonchev–Trinajstić information content (AvgIpc) is 2.96. The van der Waals surface area contributed by atoms with E-state index in [2.05, 4.69) is 0 Å². The molecule has 0 unspecified atom stereocenters. The van der Waals surface area contributed by atoms with Gasteiger partial charge >= 0.3 is 0 Å². The van der Waals surface area contributed by atoms with E-state index in [1.165, 1.54) is 16.7 Å². The predicted octanol–water partition coefficient (Wildman–Crippen LogP) is 4.51. The Balaban J connectivity index is 1.91. The van der Waals surface area contributed by atoms with E-state index < -0.39 is 0 Å². The first kappa shape index (κ1) is 19.3. The van der Waals surface area contributed by atoms with Gasteiger partial charge in [0.15, 0.2) is 15.8 Å². The number of thioether (sulfide) groups is 1. The first-order valence-corrected chi connectivity index (χ1v) is 9.53.